The molecule has 0 amide bonds. The zero-order valence-corrected chi connectivity index (χ0v) is 7.53. The Bertz CT molecular complexity index is 146. The van der Waals surface area contributed by atoms with Crippen molar-refractivity contribution in [2.45, 2.75) is 26.3 Å². The molecule has 0 aliphatic carbocycles. The molecule has 0 fully saturated rings. The van der Waals surface area contributed by atoms with Gasteiger partial charge in [0.1, 0.15) is 6.04 Å². The summed E-state index contributed by atoms with van der Waals surface area (Å²) >= 11 is 0. The van der Waals surface area contributed by atoms with Gasteiger partial charge in [0.2, 0.25) is 0 Å². The van der Waals surface area contributed by atoms with Gasteiger partial charge in [0.15, 0.2) is 0 Å². The fourth-order valence-corrected chi connectivity index (χ4v) is 0.350. The second-order valence-electron chi connectivity index (χ2n) is 1.72. The van der Waals surface area contributed by atoms with Crippen LogP contribution in [0.1, 0.15) is 20.3 Å². The molecule has 0 aliphatic rings. The van der Waals surface area contributed by atoms with Crippen LogP contribution in [-0.2, 0) is 14.3 Å². The highest BCUT2D eigenvalue weighted by Gasteiger charge is 2.15. The van der Waals surface area contributed by atoms with E-state index in [-0.39, 0.29) is 6.42 Å². The van der Waals surface area contributed by atoms with Crippen LogP contribution in [0.15, 0.2) is 0 Å². The van der Waals surface area contributed by atoms with Crippen LogP contribution in [-0.4, -0.2) is 30.2 Å². The molecule has 0 radical (unpaired) electrons. The number of carbonyl (C=O) groups is 2. The molecule has 0 saturated heterocycles. The molecule has 0 aromatic carbocycles. The zero-order valence-electron chi connectivity index (χ0n) is 7.53. The highest BCUT2D eigenvalue weighted by Crippen LogP contribution is 1.89. The molecule has 0 heterocycles. The maximum Gasteiger partial charge on any atom is 0.321 e. The molecule has 0 bridgehead atoms. The number of hydrogen-bond acceptors (Lipinski definition) is 4. The van der Waals surface area contributed by atoms with Gasteiger partial charge in [-0.25, -0.2) is 0 Å². The smallest absolute Gasteiger partial charge is 0.321 e. The Kier molecular flexibility index (Phi) is 8.99. The summed E-state index contributed by atoms with van der Waals surface area (Å²) in [5, 5.41) is 8.19. The van der Waals surface area contributed by atoms with E-state index in [1.165, 1.54) is 7.11 Å². The lowest BCUT2D eigenvalue weighted by Gasteiger charge is -2.02. The number of carboxylic acid groups (broad SMARTS) is 1. The van der Waals surface area contributed by atoms with E-state index in [9.17, 15) is 9.59 Å². The van der Waals surface area contributed by atoms with Crippen molar-refractivity contribution < 1.29 is 19.4 Å². The Morgan fingerprint density at radius 2 is 1.92 bits per heavy atom. The van der Waals surface area contributed by atoms with Crippen LogP contribution in [0, 0.1) is 0 Å². The number of ether oxygens (including phenoxy) is 1. The lowest BCUT2D eigenvalue weighted by atomic mass is 10.2. The minimum atomic E-state index is -1.20. The summed E-state index contributed by atoms with van der Waals surface area (Å²) in [5.74, 6) is -1.82. The van der Waals surface area contributed by atoms with Crippen LogP contribution in [0.25, 0.3) is 0 Å². The molecule has 3 N–H and O–H groups in total. The predicted octanol–water partition coefficient (Wildman–Crippen LogP) is -0.0124. The minimum absolute atomic E-state index is 0.286. The number of carbonyl (C=O) groups excluding carboxylic acids is 1. The Morgan fingerprint density at radius 3 is 2.17 bits per heavy atom. The normalized spacial score (nSPS) is 10.7. The summed E-state index contributed by atoms with van der Waals surface area (Å²) in [6.45, 7) is 4.00. The quantitative estimate of drug-likeness (QED) is 0.591. The molecular weight excluding hydrogens is 162 g/mol. The standard InChI is InChI=1S/C5H9NO4.C2H6/c1-10-4(7)2-3(6)5(8)9;1-2/h3H,2,6H2,1H3,(H,8,9);1-2H3. The van der Waals surface area contributed by atoms with Gasteiger partial charge in [-0.2, -0.15) is 0 Å². The molecule has 72 valence electrons. The summed E-state index contributed by atoms with van der Waals surface area (Å²) in [5.41, 5.74) is 4.99. The fourth-order valence-electron chi connectivity index (χ4n) is 0.350. The van der Waals surface area contributed by atoms with E-state index in [0.29, 0.717) is 0 Å². The van der Waals surface area contributed by atoms with Crippen molar-refractivity contribution in [1.29, 1.82) is 0 Å². The van der Waals surface area contributed by atoms with Crippen molar-refractivity contribution in [2.24, 2.45) is 5.73 Å². The first kappa shape index (κ1) is 13.5. The van der Waals surface area contributed by atoms with Gasteiger partial charge < -0.3 is 15.6 Å². The van der Waals surface area contributed by atoms with Crippen LogP contribution >= 0.6 is 0 Å². The van der Waals surface area contributed by atoms with Gasteiger partial charge in [-0.05, 0) is 0 Å². The first-order chi connectivity index (χ1) is 5.57. The summed E-state index contributed by atoms with van der Waals surface area (Å²) in [7, 11) is 1.18. The maximum atomic E-state index is 10.4. The van der Waals surface area contributed by atoms with E-state index in [1.54, 1.807) is 0 Å². The largest absolute Gasteiger partial charge is 0.480 e. The molecule has 0 saturated carbocycles. The van der Waals surface area contributed by atoms with Gasteiger partial charge in [-0.3, -0.25) is 9.59 Å². The van der Waals surface area contributed by atoms with E-state index >= 15 is 0 Å². The Hall–Kier alpha value is -1.10. The third kappa shape index (κ3) is 7.01. The number of carboxylic acids is 1. The maximum absolute atomic E-state index is 10.4. The summed E-state index contributed by atoms with van der Waals surface area (Å²) in [6, 6.07) is -1.16. The third-order valence-electron chi connectivity index (χ3n) is 0.931. The van der Waals surface area contributed by atoms with Gasteiger partial charge in [0, 0.05) is 0 Å². The molecule has 0 aliphatic heterocycles. The van der Waals surface area contributed by atoms with E-state index < -0.39 is 18.0 Å². The van der Waals surface area contributed by atoms with Crippen molar-refractivity contribution >= 4 is 11.9 Å². The lowest BCUT2D eigenvalue weighted by Crippen LogP contribution is -2.32. The molecule has 5 heteroatoms. The van der Waals surface area contributed by atoms with E-state index in [0.717, 1.165) is 0 Å². The molecule has 0 aromatic heterocycles. The highest BCUT2D eigenvalue weighted by atomic mass is 16.5. The molecule has 12 heavy (non-hydrogen) atoms. The van der Waals surface area contributed by atoms with Crippen LogP contribution in [0.4, 0.5) is 0 Å². The molecule has 1 atom stereocenters. The van der Waals surface area contributed by atoms with Gasteiger partial charge in [-0.1, -0.05) is 13.8 Å². The molecular formula is C7H15NO4. The molecule has 0 rings (SSSR count). The van der Waals surface area contributed by atoms with Crippen molar-refractivity contribution in [1.82, 2.24) is 0 Å². The van der Waals surface area contributed by atoms with Gasteiger partial charge >= 0.3 is 11.9 Å². The zero-order chi connectivity index (χ0) is 10.1. The number of nitrogens with two attached hydrogens (primary N) is 1. The third-order valence-corrected chi connectivity index (χ3v) is 0.931. The molecule has 0 aromatic rings. The van der Waals surface area contributed by atoms with E-state index in [1.807, 2.05) is 13.8 Å². The van der Waals surface area contributed by atoms with Crippen LogP contribution in [0.2, 0.25) is 0 Å². The predicted molar refractivity (Wildman–Crippen MR) is 43.6 cm³/mol. The monoisotopic (exact) mass is 177 g/mol. The summed E-state index contributed by atoms with van der Waals surface area (Å²) in [6.07, 6.45) is -0.286. The lowest BCUT2D eigenvalue weighted by molar-refractivity contribution is -0.146. The summed E-state index contributed by atoms with van der Waals surface area (Å²) in [4.78, 5) is 20.4. The topological polar surface area (TPSA) is 89.6 Å². The van der Waals surface area contributed by atoms with E-state index in [4.69, 9.17) is 10.8 Å². The second kappa shape index (κ2) is 8.00. The Balaban J connectivity index is 0. The Morgan fingerprint density at radius 1 is 1.50 bits per heavy atom. The van der Waals surface area contributed by atoms with Gasteiger partial charge in [0.05, 0.1) is 13.5 Å². The summed E-state index contributed by atoms with van der Waals surface area (Å²) < 4.78 is 4.19. The number of esters is 1. The minimum Gasteiger partial charge on any atom is -0.480 e. The average molecular weight is 177 g/mol. The van der Waals surface area contributed by atoms with E-state index in [2.05, 4.69) is 4.74 Å². The number of rotatable bonds is 3. The fraction of sp³-hybridized carbons (Fsp3) is 0.714. The molecule has 1 unspecified atom stereocenters. The Labute approximate surface area is 71.5 Å². The number of methoxy groups -OCH3 is 1. The van der Waals surface area contributed by atoms with Crippen molar-refractivity contribution in [3.8, 4) is 0 Å². The number of hydrogen-bond donors (Lipinski definition) is 2. The molecule has 0 spiro atoms. The van der Waals surface area contributed by atoms with Crippen LogP contribution < -0.4 is 5.73 Å². The highest BCUT2D eigenvalue weighted by molar-refractivity contribution is 5.81. The number of aliphatic carboxylic acids is 1. The van der Waals surface area contributed by atoms with Crippen molar-refractivity contribution in [3.05, 3.63) is 0 Å². The van der Waals surface area contributed by atoms with Crippen molar-refractivity contribution in [2.75, 3.05) is 7.11 Å². The van der Waals surface area contributed by atoms with Crippen LogP contribution in [0.5, 0.6) is 0 Å². The molecule has 5 nitrogen and oxygen atoms in total. The van der Waals surface area contributed by atoms with Crippen molar-refractivity contribution in [3.63, 3.8) is 0 Å². The first-order valence-corrected chi connectivity index (χ1v) is 3.63. The van der Waals surface area contributed by atoms with Gasteiger partial charge in [-0.15, -0.1) is 0 Å². The van der Waals surface area contributed by atoms with Crippen LogP contribution in [0.3, 0.4) is 0 Å². The van der Waals surface area contributed by atoms with Gasteiger partial charge in [0.25, 0.3) is 0 Å². The first-order valence-electron chi connectivity index (χ1n) is 3.63. The second-order valence-corrected chi connectivity index (χ2v) is 1.72. The average Bonchev–Trinajstić information content (AvgIpc) is 2.07. The SMILES string of the molecule is CC.COC(=O)CC(N)C(=O)O.